The van der Waals surface area contributed by atoms with Crippen molar-refractivity contribution in [1.29, 1.82) is 0 Å². The molecule has 1 N–H and O–H groups in total. The number of carbonyl (C=O) groups excluding carboxylic acids is 2. The van der Waals surface area contributed by atoms with Crippen LogP contribution in [-0.2, 0) is 29.6 Å². The second-order valence-corrected chi connectivity index (χ2v) is 7.53. The summed E-state index contributed by atoms with van der Waals surface area (Å²) in [5.74, 6) is -0.800. The molecule has 0 spiro atoms. The highest BCUT2D eigenvalue weighted by Gasteiger charge is 2.35. The fourth-order valence-corrected chi connectivity index (χ4v) is 3.80. The number of benzene rings is 2. The molecule has 1 aromatic heterocycles. The highest BCUT2D eigenvalue weighted by molar-refractivity contribution is 5.97. The van der Waals surface area contributed by atoms with Crippen LogP contribution in [0.3, 0.4) is 0 Å². The van der Waals surface area contributed by atoms with Crippen LogP contribution in [0.15, 0.2) is 54.7 Å². The predicted octanol–water partition coefficient (Wildman–Crippen LogP) is 2.88. The standard InChI is InChI=1S/C23H23FN4O3/c1-27-12-16-13-28(21(29)11-15-7-9-17(24)10-8-15)14-18(22(16)26-27)23(30)25-19-5-3-4-6-20(19)31-2/h3-10,12,18H,11,13-14H2,1-2H3,(H,25,30). The first-order valence-electron chi connectivity index (χ1n) is 9.93. The Morgan fingerprint density at radius 2 is 1.94 bits per heavy atom. The van der Waals surface area contributed by atoms with Gasteiger partial charge in [-0.1, -0.05) is 24.3 Å². The van der Waals surface area contributed by atoms with Gasteiger partial charge in [0.15, 0.2) is 0 Å². The van der Waals surface area contributed by atoms with E-state index < -0.39 is 5.92 Å². The van der Waals surface area contributed by atoms with Gasteiger partial charge < -0.3 is 15.0 Å². The van der Waals surface area contributed by atoms with Crippen LogP contribution in [0.5, 0.6) is 5.75 Å². The molecule has 8 heteroatoms. The predicted molar refractivity (Wildman–Crippen MR) is 113 cm³/mol. The Labute approximate surface area is 179 Å². The molecule has 2 aromatic carbocycles. The molecule has 3 aromatic rings. The van der Waals surface area contributed by atoms with Gasteiger partial charge in [-0.25, -0.2) is 4.39 Å². The maximum absolute atomic E-state index is 13.2. The van der Waals surface area contributed by atoms with Crippen molar-refractivity contribution in [3.05, 3.63) is 77.4 Å². The Kier molecular flexibility index (Phi) is 5.70. The van der Waals surface area contributed by atoms with Gasteiger partial charge in [0, 0.05) is 31.9 Å². The average Bonchev–Trinajstić information content (AvgIpc) is 3.15. The summed E-state index contributed by atoms with van der Waals surface area (Å²) in [7, 11) is 3.33. The third-order valence-electron chi connectivity index (χ3n) is 5.33. The fraction of sp³-hybridized carbons (Fsp3) is 0.261. The molecule has 0 saturated carbocycles. The summed E-state index contributed by atoms with van der Waals surface area (Å²) in [6, 6.07) is 13.0. The monoisotopic (exact) mass is 422 g/mol. The number of nitrogens with zero attached hydrogens (tertiary/aromatic N) is 3. The van der Waals surface area contributed by atoms with Crippen LogP contribution in [0, 0.1) is 5.82 Å². The van der Waals surface area contributed by atoms with Crippen molar-refractivity contribution < 1.29 is 18.7 Å². The molecule has 0 radical (unpaired) electrons. The number of hydrogen-bond acceptors (Lipinski definition) is 4. The van der Waals surface area contributed by atoms with Crippen molar-refractivity contribution in [2.45, 2.75) is 18.9 Å². The molecule has 2 amide bonds. The lowest BCUT2D eigenvalue weighted by Crippen LogP contribution is -2.42. The molecule has 1 unspecified atom stereocenters. The van der Waals surface area contributed by atoms with Gasteiger partial charge in [-0.3, -0.25) is 14.3 Å². The number of hydrogen-bond donors (Lipinski definition) is 1. The van der Waals surface area contributed by atoms with Crippen LogP contribution in [0.25, 0.3) is 0 Å². The van der Waals surface area contributed by atoms with E-state index >= 15 is 0 Å². The number of rotatable bonds is 5. The number of para-hydroxylation sites is 2. The van der Waals surface area contributed by atoms with E-state index in [0.29, 0.717) is 23.7 Å². The second kappa shape index (κ2) is 8.59. The third kappa shape index (κ3) is 4.42. The van der Waals surface area contributed by atoms with Gasteiger partial charge in [0.1, 0.15) is 17.5 Å². The van der Waals surface area contributed by atoms with E-state index in [1.165, 1.54) is 19.2 Å². The number of nitrogens with one attached hydrogen (secondary N) is 1. The van der Waals surface area contributed by atoms with Gasteiger partial charge in [-0.2, -0.15) is 5.10 Å². The van der Waals surface area contributed by atoms with Crippen LogP contribution in [0.4, 0.5) is 10.1 Å². The second-order valence-electron chi connectivity index (χ2n) is 7.53. The highest BCUT2D eigenvalue weighted by Crippen LogP contribution is 2.30. The summed E-state index contributed by atoms with van der Waals surface area (Å²) in [5, 5.41) is 7.37. The van der Waals surface area contributed by atoms with E-state index in [9.17, 15) is 14.0 Å². The first-order chi connectivity index (χ1) is 14.9. The van der Waals surface area contributed by atoms with Crippen molar-refractivity contribution in [3.63, 3.8) is 0 Å². The number of methoxy groups -OCH3 is 1. The van der Waals surface area contributed by atoms with E-state index in [1.807, 2.05) is 18.3 Å². The van der Waals surface area contributed by atoms with Gasteiger partial charge in [0.2, 0.25) is 11.8 Å². The molecule has 1 atom stereocenters. The lowest BCUT2D eigenvalue weighted by Gasteiger charge is -2.31. The van der Waals surface area contributed by atoms with E-state index in [1.54, 1.807) is 40.9 Å². The summed E-state index contributed by atoms with van der Waals surface area (Å²) < 4.78 is 20.1. The summed E-state index contributed by atoms with van der Waals surface area (Å²) in [6.07, 6.45) is 1.97. The van der Waals surface area contributed by atoms with Crippen molar-refractivity contribution in [3.8, 4) is 5.75 Å². The van der Waals surface area contributed by atoms with Crippen molar-refractivity contribution in [2.24, 2.45) is 7.05 Å². The first-order valence-corrected chi connectivity index (χ1v) is 9.93. The zero-order valence-electron chi connectivity index (χ0n) is 17.3. The van der Waals surface area contributed by atoms with E-state index in [4.69, 9.17) is 4.74 Å². The maximum atomic E-state index is 13.2. The maximum Gasteiger partial charge on any atom is 0.235 e. The Morgan fingerprint density at radius 1 is 1.19 bits per heavy atom. The normalized spacial score (nSPS) is 15.3. The van der Waals surface area contributed by atoms with Crippen molar-refractivity contribution in [2.75, 3.05) is 19.0 Å². The first kappa shape index (κ1) is 20.6. The number of ether oxygens (including phenoxy) is 1. The highest BCUT2D eigenvalue weighted by atomic mass is 19.1. The van der Waals surface area contributed by atoms with Crippen LogP contribution < -0.4 is 10.1 Å². The smallest absolute Gasteiger partial charge is 0.235 e. The number of halogens is 1. The summed E-state index contributed by atoms with van der Waals surface area (Å²) >= 11 is 0. The number of carbonyl (C=O) groups is 2. The van der Waals surface area contributed by atoms with Crippen LogP contribution in [-0.4, -0.2) is 40.1 Å². The number of aromatic nitrogens is 2. The number of anilines is 1. The topological polar surface area (TPSA) is 76.5 Å². The zero-order chi connectivity index (χ0) is 22.0. The minimum absolute atomic E-state index is 0.129. The van der Waals surface area contributed by atoms with Gasteiger partial charge in [0.25, 0.3) is 0 Å². The largest absolute Gasteiger partial charge is 0.495 e. The lowest BCUT2D eigenvalue weighted by atomic mass is 9.95. The van der Waals surface area contributed by atoms with Gasteiger partial charge in [-0.15, -0.1) is 0 Å². The summed E-state index contributed by atoms with van der Waals surface area (Å²) in [4.78, 5) is 27.8. The van der Waals surface area contributed by atoms with Crippen LogP contribution >= 0.6 is 0 Å². The Balaban J connectivity index is 1.56. The minimum Gasteiger partial charge on any atom is -0.495 e. The molecule has 0 bridgehead atoms. The molecule has 0 saturated heterocycles. The quantitative estimate of drug-likeness (QED) is 0.686. The molecule has 4 rings (SSSR count). The van der Waals surface area contributed by atoms with E-state index in [-0.39, 0.29) is 30.6 Å². The lowest BCUT2D eigenvalue weighted by molar-refractivity contribution is -0.132. The van der Waals surface area contributed by atoms with E-state index in [2.05, 4.69) is 10.4 Å². The molecule has 7 nitrogen and oxygen atoms in total. The number of amides is 2. The average molecular weight is 422 g/mol. The number of fused-ring (bicyclic) bond motifs is 1. The third-order valence-corrected chi connectivity index (χ3v) is 5.33. The summed E-state index contributed by atoms with van der Waals surface area (Å²) in [6.45, 7) is 0.590. The molecule has 2 heterocycles. The number of aryl methyl sites for hydroxylation is 1. The molecular weight excluding hydrogens is 399 g/mol. The summed E-state index contributed by atoms with van der Waals surface area (Å²) in [5.41, 5.74) is 2.78. The van der Waals surface area contributed by atoms with Gasteiger partial charge in [0.05, 0.1) is 24.9 Å². The molecule has 160 valence electrons. The molecule has 1 aliphatic rings. The Hall–Kier alpha value is -3.68. The van der Waals surface area contributed by atoms with Crippen LogP contribution in [0.2, 0.25) is 0 Å². The van der Waals surface area contributed by atoms with Crippen molar-refractivity contribution in [1.82, 2.24) is 14.7 Å². The SMILES string of the molecule is COc1ccccc1NC(=O)C1CN(C(=O)Cc2ccc(F)cc2)Cc2cn(C)nc21. The molecule has 0 aliphatic carbocycles. The van der Waals surface area contributed by atoms with Crippen LogP contribution in [0.1, 0.15) is 22.7 Å². The van der Waals surface area contributed by atoms with Crippen molar-refractivity contribution >= 4 is 17.5 Å². The molecular formula is C23H23FN4O3. The van der Waals surface area contributed by atoms with E-state index in [0.717, 1.165) is 11.1 Å². The Morgan fingerprint density at radius 3 is 2.68 bits per heavy atom. The zero-order valence-corrected chi connectivity index (χ0v) is 17.3. The van der Waals surface area contributed by atoms with Gasteiger partial charge >= 0.3 is 0 Å². The molecule has 31 heavy (non-hydrogen) atoms. The molecule has 0 fully saturated rings. The Bertz CT molecular complexity index is 1110. The fourth-order valence-electron chi connectivity index (χ4n) is 3.80. The van der Waals surface area contributed by atoms with Gasteiger partial charge in [-0.05, 0) is 29.8 Å². The minimum atomic E-state index is -0.618. The molecule has 1 aliphatic heterocycles.